The molecular weight excluding hydrogens is 344 g/mol. The van der Waals surface area contributed by atoms with Gasteiger partial charge in [-0.05, 0) is 31.5 Å². The Hall–Kier alpha value is -2.82. The maximum absolute atomic E-state index is 12.1. The molecule has 2 atom stereocenters. The van der Waals surface area contributed by atoms with E-state index in [1.807, 2.05) is 30.3 Å². The van der Waals surface area contributed by atoms with Crippen LogP contribution in [0.3, 0.4) is 0 Å². The molecule has 1 aromatic carbocycles. The fraction of sp³-hybridized carbons (Fsp3) is 0.400. The molecule has 3 rings (SSSR count). The van der Waals surface area contributed by atoms with Crippen LogP contribution < -0.4 is 5.73 Å². The lowest BCUT2D eigenvalue weighted by atomic mass is 10.1. The molecule has 142 valence electrons. The van der Waals surface area contributed by atoms with Crippen molar-refractivity contribution in [3.05, 3.63) is 47.3 Å². The second kappa shape index (κ2) is 7.82. The lowest BCUT2D eigenvalue weighted by Gasteiger charge is -2.35. The maximum atomic E-state index is 12.1. The summed E-state index contributed by atoms with van der Waals surface area (Å²) in [5, 5.41) is 9.22. The number of anilines is 1. The molecule has 1 saturated heterocycles. The summed E-state index contributed by atoms with van der Waals surface area (Å²) in [4.78, 5) is 14.5. The summed E-state index contributed by atoms with van der Waals surface area (Å²) < 4.78 is 12.2. The Kier molecular flexibility index (Phi) is 5.49. The van der Waals surface area contributed by atoms with Gasteiger partial charge in [0.1, 0.15) is 6.07 Å². The molecule has 1 fully saturated rings. The summed E-state index contributed by atoms with van der Waals surface area (Å²) in [6.07, 6.45) is 2.01. The molecule has 7 heteroatoms. The van der Waals surface area contributed by atoms with E-state index in [0.29, 0.717) is 0 Å². The molecule has 0 bridgehead atoms. The molecule has 0 amide bonds. The number of hydrogen-bond acceptors (Lipinski definition) is 6. The second-order valence-electron chi connectivity index (χ2n) is 6.90. The summed E-state index contributed by atoms with van der Waals surface area (Å²) in [6, 6.07) is 9.87. The van der Waals surface area contributed by atoms with E-state index in [9.17, 15) is 10.1 Å². The fourth-order valence-corrected chi connectivity index (χ4v) is 3.55. The third-order valence-electron chi connectivity index (χ3n) is 4.66. The first-order valence-electron chi connectivity index (χ1n) is 8.89. The predicted molar refractivity (Wildman–Crippen MR) is 102 cm³/mol. The van der Waals surface area contributed by atoms with Gasteiger partial charge in [-0.25, -0.2) is 4.79 Å². The zero-order valence-corrected chi connectivity index (χ0v) is 15.8. The van der Waals surface area contributed by atoms with Gasteiger partial charge in [-0.1, -0.05) is 12.1 Å². The van der Waals surface area contributed by atoms with Crippen molar-refractivity contribution in [2.75, 3.05) is 25.9 Å². The lowest BCUT2D eigenvalue weighted by molar-refractivity contribution is -0.0704. The third kappa shape index (κ3) is 3.97. The van der Waals surface area contributed by atoms with Gasteiger partial charge in [0.05, 0.1) is 30.6 Å². The molecule has 7 nitrogen and oxygen atoms in total. The number of methoxy groups -OCH3 is 1. The highest BCUT2D eigenvalue weighted by Gasteiger charge is 2.23. The Balaban J connectivity index is 1.84. The molecule has 27 heavy (non-hydrogen) atoms. The summed E-state index contributed by atoms with van der Waals surface area (Å²) in [6.45, 7) is 6.81. The number of hydrogen-bond donors (Lipinski definition) is 1. The number of aromatic nitrogens is 1. The van der Waals surface area contributed by atoms with Crippen LogP contribution in [0.4, 0.5) is 5.69 Å². The largest absolute Gasteiger partial charge is 0.464 e. The lowest BCUT2D eigenvalue weighted by Crippen LogP contribution is -2.44. The minimum absolute atomic E-state index is 0.129. The Morgan fingerprint density at radius 3 is 2.48 bits per heavy atom. The minimum atomic E-state index is -0.575. The van der Waals surface area contributed by atoms with Gasteiger partial charge >= 0.3 is 5.97 Å². The van der Waals surface area contributed by atoms with Gasteiger partial charge in [0, 0.05) is 31.5 Å². The number of nitriles is 1. The first-order valence-corrected chi connectivity index (χ1v) is 8.89. The van der Waals surface area contributed by atoms with Crippen molar-refractivity contribution in [2.45, 2.75) is 32.6 Å². The van der Waals surface area contributed by atoms with Crippen molar-refractivity contribution in [2.24, 2.45) is 0 Å². The SMILES string of the molecule is COC(=O)c1c(N)c(C#N)cn1-c1ccc(CN2CC(C)OC(C)C2)cc1. The smallest absolute Gasteiger partial charge is 0.357 e. The van der Waals surface area contributed by atoms with Gasteiger partial charge in [0.2, 0.25) is 0 Å². The average molecular weight is 368 g/mol. The molecule has 0 radical (unpaired) electrons. The zero-order valence-electron chi connectivity index (χ0n) is 15.8. The van der Waals surface area contributed by atoms with Crippen LogP contribution in [0.5, 0.6) is 0 Å². The summed E-state index contributed by atoms with van der Waals surface area (Å²) in [5.74, 6) is -0.575. The van der Waals surface area contributed by atoms with E-state index >= 15 is 0 Å². The van der Waals surface area contributed by atoms with E-state index in [1.165, 1.54) is 12.7 Å². The molecule has 1 aliphatic heterocycles. The van der Waals surface area contributed by atoms with E-state index in [2.05, 4.69) is 18.7 Å². The third-order valence-corrected chi connectivity index (χ3v) is 4.66. The number of carbonyl (C=O) groups is 1. The number of carbonyl (C=O) groups excluding carboxylic acids is 1. The van der Waals surface area contributed by atoms with E-state index in [0.717, 1.165) is 25.3 Å². The number of esters is 1. The van der Waals surface area contributed by atoms with Gasteiger partial charge in [0.25, 0.3) is 0 Å². The van der Waals surface area contributed by atoms with Crippen molar-refractivity contribution in [1.29, 1.82) is 5.26 Å². The van der Waals surface area contributed by atoms with Crippen LogP contribution in [-0.2, 0) is 16.0 Å². The highest BCUT2D eigenvalue weighted by molar-refractivity contribution is 5.95. The summed E-state index contributed by atoms with van der Waals surface area (Å²) in [5.41, 5.74) is 8.40. The molecule has 0 saturated carbocycles. The number of benzene rings is 1. The number of nitrogen functional groups attached to an aromatic ring is 1. The number of nitrogens with zero attached hydrogens (tertiary/aromatic N) is 3. The molecule has 2 N–H and O–H groups in total. The fourth-order valence-electron chi connectivity index (χ4n) is 3.55. The van der Waals surface area contributed by atoms with E-state index in [-0.39, 0.29) is 29.2 Å². The Bertz CT molecular complexity index is 857. The van der Waals surface area contributed by atoms with Crippen molar-refractivity contribution >= 4 is 11.7 Å². The van der Waals surface area contributed by atoms with Crippen LogP contribution in [0, 0.1) is 11.3 Å². The molecule has 0 spiro atoms. The predicted octanol–water partition coefficient (Wildman–Crippen LogP) is 2.33. The Labute approximate surface area is 158 Å². The number of rotatable bonds is 4. The van der Waals surface area contributed by atoms with Gasteiger partial charge in [0.15, 0.2) is 5.69 Å². The van der Waals surface area contributed by atoms with E-state index in [4.69, 9.17) is 15.2 Å². The van der Waals surface area contributed by atoms with Crippen molar-refractivity contribution in [1.82, 2.24) is 9.47 Å². The number of ether oxygens (including phenoxy) is 2. The molecule has 2 heterocycles. The van der Waals surface area contributed by atoms with Gasteiger partial charge < -0.3 is 19.8 Å². The van der Waals surface area contributed by atoms with Crippen LogP contribution in [0.15, 0.2) is 30.5 Å². The van der Waals surface area contributed by atoms with Crippen LogP contribution in [0.1, 0.15) is 35.5 Å². The molecule has 1 aliphatic rings. The molecule has 2 aromatic rings. The highest BCUT2D eigenvalue weighted by Crippen LogP contribution is 2.25. The Morgan fingerprint density at radius 1 is 1.30 bits per heavy atom. The van der Waals surface area contributed by atoms with Crippen LogP contribution >= 0.6 is 0 Å². The second-order valence-corrected chi connectivity index (χ2v) is 6.90. The van der Waals surface area contributed by atoms with Gasteiger partial charge in [-0.2, -0.15) is 5.26 Å². The van der Waals surface area contributed by atoms with Crippen molar-refractivity contribution in [3.8, 4) is 11.8 Å². The standard InChI is InChI=1S/C20H24N4O3/c1-13-9-23(10-14(2)27-13)11-15-4-6-17(7-5-15)24-12-16(8-21)18(22)19(24)20(25)26-3/h4-7,12-14H,9-11,22H2,1-3H3. The van der Waals surface area contributed by atoms with E-state index in [1.54, 1.807) is 10.8 Å². The molecular formula is C20H24N4O3. The highest BCUT2D eigenvalue weighted by atomic mass is 16.5. The van der Waals surface area contributed by atoms with Crippen molar-refractivity contribution < 1.29 is 14.3 Å². The summed E-state index contributed by atoms with van der Waals surface area (Å²) in [7, 11) is 1.29. The normalized spacial score (nSPS) is 20.2. The van der Waals surface area contributed by atoms with Gasteiger partial charge in [-0.15, -0.1) is 0 Å². The van der Waals surface area contributed by atoms with E-state index < -0.39 is 5.97 Å². The average Bonchev–Trinajstić information content (AvgIpc) is 2.97. The van der Waals surface area contributed by atoms with Crippen molar-refractivity contribution in [3.63, 3.8) is 0 Å². The minimum Gasteiger partial charge on any atom is -0.464 e. The first-order chi connectivity index (χ1) is 12.9. The van der Waals surface area contributed by atoms with Crippen LogP contribution in [0.25, 0.3) is 5.69 Å². The Morgan fingerprint density at radius 2 is 1.93 bits per heavy atom. The maximum Gasteiger partial charge on any atom is 0.357 e. The number of morpholine rings is 1. The summed E-state index contributed by atoms with van der Waals surface area (Å²) >= 11 is 0. The zero-order chi connectivity index (χ0) is 19.6. The molecule has 2 unspecified atom stereocenters. The van der Waals surface area contributed by atoms with Crippen LogP contribution in [-0.4, -0.2) is 47.8 Å². The van der Waals surface area contributed by atoms with Gasteiger partial charge in [-0.3, -0.25) is 4.90 Å². The molecule has 0 aliphatic carbocycles. The quantitative estimate of drug-likeness (QED) is 0.833. The van der Waals surface area contributed by atoms with Crippen LogP contribution in [0.2, 0.25) is 0 Å². The topological polar surface area (TPSA) is 93.5 Å². The number of nitrogens with two attached hydrogens (primary N) is 1. The first kappa shape index (κ1) is 19.0. The molecule has 1 aromatic heterocycles. The monoisotopic (exact) mass is 368 g/mol.